The summed E-state index contributed by atoms with van der Waals surface area (Å²) in [5.74, 6) is 1.00. The smallest absolute Gasteiger partial charge is 0.131 e. The average molecular weight is 236 g/mol. The number of hydrogen-bond donors (Lipinski definition) is 1. The molecule has 1 N–H and O–H groups in total. The van der Waals surface area contributed by atoms with Crippen LogP contribution in [0.1, 0.15) is 11.1 Å². The third kappa shape index (κ3) is 2.40. The lowest BCUT2D eigenvalue weighted by Crippen LogP contribution is -1.88. The molecule has 0 amide bonds. The highest BCUT2D eigenvalue weighted by Gasteiger charge is 2.04. The lowest BCUT2D eigenvalue weighted by Gasteiger charge is -2.06. The number of benzene rings is 2. The number of rotatable bonds is 2. The van der Waals surface area contributed by atoms with Gasteiger partial charge in [-0.3, -0.25) is 0 Å². The molecule has 0 aliphatic carbocycles. The molecule has 0 heterocycles. The van der Waals surface area contributed by atoms with E-state index in [-0.39, 0.29) is 11.3 Å². The van der Waals surface area contributed by atoms with Gasteiger partial charge in [-0.25, -0.2) is 0 Å². The van der Waals surface area contributed by atoms with Crippen LogP contribution in [0.3, 0.4) is 0 Å². The molecule has 0 aliphatic rings. The number of nitriles is 2. The molecule has 0 spiro atoms. The maximum Gasteiger partial charge on any atom is 0.131 e. The zero-order valence-electron chi connectivity index (χ0n) is 9.29. The van der Waals surface area contributed by atoms with Crippen molar-refractivity contribution in [3.05, 3.63) is 53.6 Å². The first-order valence-corrected chi connectivity index (χ1v) is 5.14. The number of ether oxygens (including phenoxy) is 1. The molecular formula is C14H8N2O2. The van der Waals surface area contributed by atoms with Crippen LogP contribution in [-0.2, 0) is 0 Å². The highest BCUT2D eigenvalue weighted by Crippen LogP contribution is 2.26. The van der Waals surface area contributed by atoms with Crippen molar-refractivity contribution in [2.45, 2.75) is 0 Å². The highest BCUT2D eigenvalue weighted by molar-refractivity contribution is 5.50. The molecule has 0 unspecified atom stereocenters. The summed E-state index contributed by atoms with van der Waals surface area (Å²) >= 11 is 0. The number of hydrogen-bond acceptors (Lipinski definition) is 4. The van der Waals surface area contributed by atoms with Crippen molar-refractivity contribution < 1.29 is 9.84 Å². The fourth-order valence-electron chi connectivity index (χ4n) is 1.46. The van der Waals surface area contributed by atoms with Crippen LogP contribution in [0.4, 0.5) is 0 Å². The van der Waals surface area contributed by atoms with Gasteiger partial charge in [0.15, 0.2) is 0 Å². The first-order chi connectivity index (χ1) is 8.72. The SMILES string of the molecule is N#Cc1ccc(Oc2cccc(O)c2)cc1C#N. The van der Waals surface area contributed by atoms with Gasteiger partial charge in [-0.15, -0.1) is 0 Å². The summed E-state index contributed by atoms with van der Waals surface area (Å²) in [6.07, 6.45) is 0. The molecule has 0 atom stereocenters. The van der Waals surface area contributed by atoms with Gasteiger partial charge in [-0.05, 0) is 30.3 Å². The zero-order chi connectivity index (χ0) is 13.0. The topological polar surface area (TPSA) is 77.0 Å². The summed E-state index contributed by atoms with van der Waals surface area (Å²) in [5.41, 5.74) is 0.566. The Morgan fingerprint density at radius 2 is 1.61 bits per heavy atom. The van der Waals surface area contributed by atoms with Crippen molar-refractivity contribution in [3.63, 3.8) is 0 Å². The fourth-order valence-corrected chi connectivity index (χ4v) is 1.46. The Kier molecular flexibility index (Phi) is 3.13. The molecule has 0 saturated heterocycles. The molecule has 4 nitrogen and oxygen atoms in total. The van der Waals surface area contributed by atoms with Gasteiger partial charge in [0.2, 0.25) is 0 Å². The molecule has 0 aromatic heterocycles. The maximum atomic E-state index is 9.30. The predicted octanol–water partition coefficient (Wildman–Crippen LogP) is 2.93. The molecule has 0 radical (unpaired) electrons. The van der Waals surface area contributed by atoms with Crippen LogP contribution in [0, 0.1) is 22.7 Å². The molecule has 86 valence electrons. The zero-order valence-corrected chi connectivity index (χ0v) is 9.29. The Hall–Kier alpha value is -2.98. The Morgan fingerprint density at radius 1 is 0.889 bits per heavy atom. The van der Waals surface area contributed by atoms with E-state index in [1.807, 2.05) is 12.1 Å². The summed E-state index contributed by atoms with van der Waals surface area (Å²) < 4.78 is 5.48. The molecule has 0 aliphatic heterocycles. The quantitative estimate of drug-likeness (QED) is 0.869. The third-order valence-corrected chi connectivity index (χ3v) is 2.29. The Labute approximate surface area is 104 Å². The van der Waals surface area contributed by atoms with Crippen LogP contribution in [0.15, 0.2) is 42.5 Å². The van der Waals surface area contributed by atoms with Crippen molar-refractivity contribution in [1.29, 1.82) is 10.5 Å². The van der Waals surface area contributed by atoms with E-state index >= 15 is 0 Å². The largest absolute Gasteiger partial charge is 0.508 e. The molecule has 0 fully saturated rings. The highest BCUT2D eigenvalue weighted by atomic mass is 16.5. The van der Waals surface area contributed by atoms with E-state index in [1.165, 1.54) is 24.3 Å². The van der Waals surface area contributed by atoms with Gasteiger partial charge in [-0.2, -0.15) is 10.5 Å². The van der Waals surface area contributed by atoms with Crippen LogP contribution in [-0.4, -0.2) is 5.11 Å². The van der Waals surface area contributed by atoms with Gasteiger partial charge >= 0.3 is 0 Å². The first-order valence-electron chi connectivity index (χ1n) is 5.14. The normalized spacial score (nSPS) is 9.22. The second-order valence-corrected chi connectivity index (χ2v) is 3.53. The number of aromatic hydroxyl groups is 1. The minimum atomic E-state index is 0.0988. The summed E-state index contributed by atoms with van der Waals surface area (Å²) in [4.78, 5) is 0. The summed E-state index contributed by atoms with van der Waals surface area (Å²) in [7, 11) is 0. The monoisotopic (exact) mass is 236 g/mol. The molecule has 2 aromatic rings. The Morgan fingerprint density at radius 3 is 2.28 bits per heavy atom. The predicted molar refractivity (Wildman–Crippen MR) is 64.1 cm³/mol. The Bertz CT molecular complexity index is 666. The fraction of sp³-hybridized carbons (Fsp3) is 0. The van der Waals surface area contributed by atoms with E-state index in [1.54, 1.807) is 18.2 Å². The second-order valence-electron chi connectivity index (χ2n) is 3.53. The van der Waals surface area contributed by atoms with E-state index < -0.39 is 0 Å². The molecule has 0 saturated carbocycles. The van der Waals surface area contributed by atoms with Crippen LogP contribution in [0.5, 0.6) is 17.2 Å². The Balaban J connectivity index is 2.31. The number of phenolic OH excluding ortho intramolecular Hbond substituents is 1. The molecule has 0 bridgehead atoms. The molecule has 18 heavy (non-hydrogen) atoms. The van der Waals surface area contributed by atoms with E-state index in [2.05, 4.69) is 0 Å². The van der Waals surface area contributed by atoms with Gasteiger partial charge in [0.25, 0.3) is 0 Å². The van der Waals surface area contributed by atoms with Gasteiger partial charge in [0, 0.05) is 6.07 Å². The van der Waals surface area contributed by atoms with E-state index in [0.717, 1.165) is 0 Å². The second kappa shape index (κ2) is 4.90. The molecule has 2 aromatic carbocycles. The minimum absolute atomic E-state index is 0.0988. The minimum Gasteiger partial charge on any atom is -0.508 e. The van der Waals surface area contributed by atoms with Crippen molar-refractivity contribution in [1.82, 2.24) is 0 Å². The van der Waals surface area contributed by atoms with Crippen molar-refractivity contribution >= 4 is 0 Å². The summed E-state index contributed by atoms with van der Waals surface area (Å²) in [6.45, 7) is 0. The van der Waals surface area contributed by atoms with Crippen LogP contribution in [0.25, 0.3) is 0 Å². The van der Waals surface area contributed by atoms with Crippen LogP contribution >= 0.6 is 0 Å². The van der Waals surface area contributed by atoms with Crippen LogP contribution < -0.4 is 4.74 Å². The summed E-state index contributed by atoms with van der Waals surface area (Å²) in [5, 5.41) is 27.0. The van der Waals surface area contributed by atoms with Crippen molar-refractivity contribution in [3.8, 4) is 29.4 Å². The van der Waals surface area contributed by atoms with E-state index in [4.69, 9.17) is 15.3 Å². The van der Waals surface area contributed by atoms with E-state index in [9.17, 15) is 5.11 Å². The van der Waals surface area contributed by atoms with Gasteiger partial charge < -0.3 is 9.84 Å². The summed E-state index contributed by atoms with van der Waals surface area (Å²) in [6, 6.07) is 14.8. The van der Waals surface area contributed by atoms with Gasteiger partial charge in [0.1, 0.15) is 29.4 Å². The molecule has 2 rings (SSSR count). The lowest BCUT2D eigenvalue weighted by molar-refractivity contribution is 0.455. The number of phenols is 1. The standard InChI is InChI=1S/C14H8N2O2/c15-8-10-4-5-14(6-11(10)9-16)18-13-3-1-2-12(17)7-13/h1-7,17H. The van der Waals surface area contributed by atoms with E-state index in [0.29, 0.717) is 17.1 Å². The van der Waals surface area contributed by atoms with Gasteiger partial charge in [-0.1, -0.05) is 6.07 Å². The third-order valence-electron chi connectivity index (χ3n) is 2.29. The maximum absolute atomic E-state index is 9.30. The van der Waals surface area contributed by atoms with Crippen molar-refractivity contribution in [2.75, 3.05) is 0 Å². The van der Waals surface area contributed by atoms with Gasteiger partial charge in [0.05, 0.1) is 11.1 Å². The van der Waals surface area contributed by atoms with Crippen LogP contribution in [0.2, 0.25) is 0 Å². The average Bonchev–Trinajstić information content (AvgIpc) is 2.38. The lowest BCUT2D eigenvalue weighted by atomic mass is 10.1. The number of nitrogens with zero attached hydrogens (tertiary/aromatic N) is 2. The van der Waals surface area contributed by atoms with Crippen molar-refractivity contribution in [2.24, 2.45) is 0 Å². The molecular weight excluding hydrogens is 228 g/mol. The first kappa shape index (κ1) is 11.5. The molecule has 4 heteroatoms.